The number of halogens is 1. The van der Waals surface area contributed by atoms with Gasteiger partial charge in [-0.05, 0) is 48.1 Å². The molecule has 1 saturated carbocycles. The Kier molecular flexibility index (Phi) is 4.79. The Hall–Kier alpha value is -3.47. The third-order valence-corrected chi connectivity index (χ3v) is 5.77. The molecule has 4 aromatic rings. The van der Waals surface area contributed by atoms with E-state index in [1.807, 2.05) is 60.7 Å². The summed E-state index contributed by atoms with van der Waals surface area (Å²) < 4.78 is 14.1. The van der Waals surface area contributed by atoms with E-state index in [4.69, 9.17) is 4.98 Å². The average molecular weight is 399 g/mol. The second-order valence-corrected chi connectivity index (χ2v) is 7.86. The number of rotatable bonds is 6. The summed E-state index contributed by atoms with van der Waals surface area (Å²) in [4.78, 5) is 21.1. The predicted octanol–water partition coefficient (Wildman–Crippen LogP) is 4.91. The van der Waals surface area contributed by atoms with E-state index in [2.05, 4.69) is 10.3 Å². The van der Waals surface area contributed by atoms with Gasteiger partial charge in [-0.1, -0.05) is 60.7 Å². The van der Waals surface area contributed by atoms with E-state index >= 15 is 0 Å². The third kappa shape index (κ3) is 3.71. The summed E-state index contributed by atoms with van der Waals surface area (Å²) in [5.41, 5.74) is 3.55. The molecule has 1 heterocycles. The maximum absolute atomic E-state index is 14.1. The van der Waals surface area contributed by atoms with Crippen LogP contribution in [-0.4, -0.2) is 15.9 Å². The number of H-pyrrole nitrogens is 1. The fourth-order valence-electron chi connectivity index (χ4n) is 4.09. The number of fused-ring (bicyclic) bond motifs is 1. The minimum Gasteiger partial charge on any atom is -0.346 e. The number of carbonyl (C=O) groups is 1. The van der Waals surface area contributed by atoms with Crippen LogP contribution in [0.1, 0.15) is 35.3 Å². The molecule has 0 bridgehead atoms. The summed E-state index contributed by atoms with van der Waals surface area (Å²) >= 11 is 0. The summed E-state index contributed by atoms with van der Waals surface area (Å²) in [5, 5.41) is 3.17. The molecule has 1 aliphatic rings. The first kappa shape index (κ1) is 18.6. The fourth-order valence-corrected chi connectivity index (χ4v) is 4.09. The number of para-hydroxylation sites is 2. The molecule has 1 amide bonds. The highest BCUT2D eigenvalue weighted by atomic mass is 19.1. The molecule has 0 aliphatic heterocycles. The molecule has 0 radical (unpaired) electrons. The van der Waals surface area contributed by atoms with E-state index in [1.165, 1.54) is 6.07 Å². The van der Waals surface area contributed by atoms with E-state index in [0.717, 1.165) is 22.4 Å². The lowest BCUT2D eigenvalue weighted by molar-refractivity contribution is -0.123. The van der Waals surface area contributed by atoms with Crippen LogP contribution >= 0.6 is 0 Å². The van der Waals surface area contributed by atoms with Gasteiger partial charge in [-0.15, -0.1) is 0 Å². The SMILES string of the molecule is O=C(N[C@@H](Cc1ccccc1)c1nc2ccccc2[nH]1)C1CC1c1ccccc1F. The first-order chi connectivity index (χ1) is 14.7. The number of amides is 1. The highest BCUT2D eigenvalue weighted by molar-refractivity contribution is 5.83. The zero-order valence-electron chi connectivity index (χ0n) is 16.4. The van der Waals surface area contributed by atoms with Crippen LogP contribution in [0.15, 0.2) is 78.9 Å². The van der Waals surface area contributed by atoms with Gasteiger partial charge in [0.1, 0.15) is 11.6 Å². The van der Waals surface area contributed by atoms with E-state index in [1.54, 1.807) is 12.1 Å². The zero-order valence-corrected chi connectivity index (χ0v) is 16.4. The minimum absolute atomic E-state index is 0.0513. The van der Waals surface area contributed by atoms with Crippen molar-refractivity contribution in [2.45, 2.75) is 24.8 Å². The Bertz CT molecular complexity index is 1150. The number of imidazole rings is 1. The van der Waals surface area contributed by atoms with E-state index in [0.29, 0.717) is 18.4 Å². The first-order valence-corrected chi connectivity index (χ1v) is 10.2. The molecule has 5 heteroatoms. The largest absolute Gasteiger partial charge is 0.346 e. The Morgan fingerprint density at radius 2 is 1.77 bits per heavy atom. The van der Waals surface area contributed by atoms with Crippen LogP contribution in [0, 0.1) is 11.7 Å². The Labute approximate surface area is 174 Å². The van der Waals surface area contributed by atoms with Crippen LogP contribution in [0.5, 0.6) is 0 Å². The molecule has 5 rings (SSSR count). The standard InChI is InChI=1S/C25H22FN3O/c26-20-11-5-4-10-17(20)18-15-19(18)25(30)29-23(14-16-8-2-1-3-9-16)24-27-21-12-6-7-13-22(21)28-24/h1-13,18-19,23H,14-15H2,(H,27,28)(H,29,30)/t18?,19?,23-/m0/s1. The van der Waals surface area contributed by atoms with Crippen molar-refractivity contribution in [3.05, 3.63) is 102 Å². The number of hydrogen-bond acceptors (Lipinski definition) is 2. The Morgan fingerprint density at radius 1 is 1.03 bits per heavy atom. The zero-order chi connectivity index (χ0) is 20.5. The van der Waals surface area contributed by atoms with Gasteiger partial charge in [0.25, 0.3) is 0 Å². The number of aromatic nitrogens is 2. The number of benzene rings is 3. The van der Waals surface area contributed by atoms with Gasteiger partial charge in [-0.25, -0.2) is 9.37 Å². The molecular weight excluding hydrogens is 377 g/mol. The van der Waals surface area contributed by atoms with Crippen LogP contribution in [-0.2, 0) is 11.2 Å². The normalized spacial score (nSPS) is 18.8. The van der Waals surface area contributed by atoms with Crippen LogP contribution < -0.4 is 5.32 Å². The number of hydrogen-bond donors (Lipinski definition) is 2. The molecule has 1 aliphatic carbocycles. The third-order valence-electron chi connectivity index (χ3n) is 5.77. The van der Waals surface area contributed by atoms with E-state index < -0.39 is 0 Å². The van der Waals surface area contributed by atoms with Gasteiger partial charge in [0.15, 0.2) is 0 Å². The van der Waals surface area contributed by atoms with Crippen LogP contribution in [0.2, 0.25) is 0 Å². The van der Waals surface area contributed by atoms with Crippen molar-refractivity contribution in [1.29, 1.82) is 0 Å². The molecule has 1 aromatic heterocycles. The van der Waals surface area contributed by atoms with Gasteiger partial charge >= 0.3 is 0 Å². The highest BCUT2D eigenvalue weighted by Gasteiger charge is 2.45. The predicted molar refractivity (Wildman–Crippen MR) is 114 cm³/mol. The molecule has 0 saturated heterocycles. The van der Waals surface area contributed by atoms with Crippen molar-refractivity contribution in [3.63, 3.8) is 0 Å². The van der Waals surface area contributed by atoms with Crippen LogP contribution in [0.3, 0.4) is 0 Å². The quantitative estimate of drug-likeness (QED) is 0.484. The molecule has 2 N–H and O–H groups in total. The fraction of sp³-hybridized carbons (Fsp3) is 0.200. The molecule has 1 fully saturated rings. The van der Waals surface area contributed by atoms with Crippen molar-refractivity contribution in [3.8, 4) is 0 Å². The van der Waals surface area contributed by atoms with Gasteiger partial charge in [-0.2, -0.15) is 0 Å². The number of nitrogens with one attached hydrogen (secondary N) is 2. The Balaban J connectivity index is 1.38. The minimum atomic E-state index is -0.283. The summed E-state index contributed by atoms with van der Waals surface area (Å²) in [7, 11) is 0. The van der Waals surface area contributed by atoms with Gasteiger partial charge in [0.05, 0.1) is 17.1 Å². The van der Waals surface area contributed by atoms with Crippen molar-refractivity contribution >= 4 is 16.9 Å². The topological polar surface area (TPSA) is 57.8 Å². The molecule has 2 unspecified atom stereocenters. The van der Waals surface area contributed by atoms with Crippen LogP contribution in [0.4, 0.5) is 4.39 Å². The molecule has 0 spiro atoms. The lowest BCUT2D eigenvalue weighted by Gasteiger charge is -2.17. The first-order valence-electron chi connectivity index (χ1n) is 10.2. The van der Waals surface area contributed by atoms with Crippen molar-refractivity contribution < 1.29 is 9.18 Å². The maximum atomic E-state index is 14.1. The van der Waals surface area contributed by atoms with E-state index in [9.17, 15) is 9.18 Å². The number of aromatic amines is 1. The second kappa shape index (κ2) is 7.75. The monoisotopic (exact) mass is 399 g/mol. The summed E-state index contributed by atoms with van der Waals surface area (Å²) in [6.07, 6.45) is 1.30. The second-order valence-electron chi connectivity index (χ2n) is 7.86. The summed E-state index contributed by atoms with van der Waals surface area (Å²) in [5.74, 6) is 0.181. The molecule has 3 aromatic carbocycles. The van der Waals surface area contributed by atoms with Crippen molar-refractivity contribution in [1.82, 2.24) is 15.3 Å². The Morgan fingerprint density at radius 3 is 2.57 bits per heavy atom. The van der Waals surface area contributed by atoms with Gasteiger partial charge < -0.3 is 10.3 Å². The average Bonchev–Trinajstić information content (AvgIpc) is 3.44. The lowest BCUT2D eigenvalue weighted by atomic mass is 10.0. The molecule has 150 valence electrons. The molecule has 3 atom stereocenters. The summed E-state index contributed by atoms with van der Waals surface area (Å²) in [6.45, 7) is 0. The van der Waals surface area contributed by atoms with Crippen LogP contribution in [0.25, 0.3) is 11.0 Å². The maximum Gasteiger partial charge on any atom is 0.224 e. The van der Waals surface area contributed by atoms with Crippen molar-refractivity contribution in [2.24, 2.45) is 5.92 Å². The number of nitrogens with zero attached hydrogens (tertiary/aromatic N) is 1. The molecular formula is C25H22FN3O. The van der Waals surface area contributed by atoms with Crippen molar-refractivity contribution in [2.75, 3.05) is 0 Å². The lowest BCUT2D eigenvalue weighted by Crippen LogP contribution is -2.32. The van der Waals surface area contributed by atoms with Gasteiger partial charge in [0, 0.05) is 5.92 Å². The number of carbonyl (C=O) groups excluding carboxylic acids is 1. The van der Waals surface area contributed by atoms with Gasteiger partial charge in [-0.3, -0.25) is 4.79 Å². The molecule has 30 heavy (non-hydrogen) atoms. The van der Waals surface area contributed by atoms with Gasteiger partial charge in [0.2, 0.25) is 5.91 Å². The smallest absolute Gasteiger partial charge is 0.224 e. The molecule has 4 nitrogen and oxygen atoms in total. The highest BCUT2D eigenvalue weighted by Crippen LogP contribution is 2.48. The van der Waals surface area contributed by atoms with E-state index in [-0.39, 0.29) is 29.6 Å². The summed E-state index contributed by atoms with van der Waals surface area (Å²) in [6, 6.07) is 24.3.